The van der Waals surface area contributed by atoms with E-state index in [2.05, 4.69) is 4.98 Å². The van der Waals surface area contributed by atoms with Gasteiger partial charge in [0.1, 0.15) is 5.75 Å². The van der Waals surface area contributed by atoms with Gasteiger partial charge in [-0.05, 0) is 54.1 Å². The van der Waals surface area contributed by atoms with Crippen LogP contribution in [-0.2, 0) is 13.1 Å². The normalized spacial score (nSPS) is 11.8. The minimum absolute atomic E-state index is 0.0341. The summed E-state index contributed by atoms with van der Waals surface area (Å²) < 4.78 is 32.6. The van der Waals surface area contributed by atoms with Crippen LogP contribution in [0.3, 0.4) is 0 Å². The Morgan fingerprint density at radius 3 is 2.28 bits per heavy atom. The number of hydrogen-bond donors (Lipinski definition) is 1. The van der Waals surface area contributed by atoms with E-state index in [4.69, 9.17) is 28.4 Å². The Kier molecular flexibility index (Phi) is 7.18. The lowest BCUT2D eigenvalue weighted by atomic mass is 10.1. The van der Waals surface area contributed by atoms with Crippen molar-refractivity contribution in [1.29, 1.82) is 0 Å². The third kappa shape index (κ3) is 5.13. The number of aromatic nitrogens is 1. The molecule has 0 spiro atoms. The van der Waals surface area contributed by atoms with Crippen molar-refractivity contribution in [1.82, 2.24) is 9.88 Å². The molecule has 0 radical (unpaired) electrons. The second-order valence-corrected chi connectivity index (χ2v) is 8.84. The van der Waals surface area contributed by atoms with Gasteiger partial charge in [0, 0.05) is 28.6 Å². The van der Waals surface area contributed by atoms with E-state index in [0.29, 0.717) is 51.1 Å². The van der Waals surface area contributed by atoms with Gasteiger partial charge < -0.3 is 38.3 Å². The highest BCUT2D eigenvalue weighted by molar-refractivity contribution is 5.95. The number of benzene rings is 3. The van der Waals surface area contributed by atoms with Crippen LogP contribution in [0.25, 0.3) is 10.9 Å². The molecule has 202 valence electrons. The summed E-state index contributed by atoms with van der Waals surface area (Å²) in [5, 5.41) is 0.784. The topological polar surface area (TPSA) is 109 Å². The second-order valence-electron chi connectivity index (χ2n) is 8.84. The molecule has 0 fully saturated rings. The molecular weight excluding hydrogens is 504 g/mol. The second kappa shape index (κ2) is 10.9. The summed E-state index contributed by atoms with van der Waals surface area (Å²) in [5.41, 5.74) is 1.91. The van der Waals surface area contributed by atoms with Crippen LogP contribution >= 0.6 is 0 Å². The first kappa shape index (κ1) is 25.8. The highest BCUT2D eigenvalue weighted by Crippen LogP contribution is 2.39. The van der Waals surface area contributed by atoms with E-state index < -0.39 is 0 Å². The van der Waals surface area contributed by atoms with Crippen LogP contribution in [0.5, 0.6) is 34.5 Å². The van der Waals surface area contributed by atoms with Crippen LogP contribution in [-0.4, -0.2) is 51.0 Å². The molecule has 0 bridgehead atoms. The minimum atomic E-state index is -0.336. The van der Waals surface area contributed by atoms with Crippen molar-refractivity contribution in [2.45, 2.75) is 13.1 Å². The molecule has 10 heteroatoms. The highest BCUT2D eigenvalue weighted by Gasteiger charge is 2.24. The van der Waals surface area contributed by atoms with E-state index in [1.165, 1.54) is 21.3 Å². The lowest BCUT2D eigenvalue weighted by Gasteiger charge is -2.24. The van der Waals surface area contributed by atoms with Crippen LogP contribution in [0.1, 0.15) is 21.5 Å². The van der Waals surface area contributed by atoms with Crippen molar-refractivity contribution < 1.29 is 33.2 Å². The van der Waals surface area contributed by atoms with Crippen molar-refractivity contribution in [3.05, 3.63) is 81.6 Å². The summed E-state index contributed by atoms with van der Waals surface area (Å²) >= 11 is 0. The van der Waals surface area contributed by atoms with Gasteiger partial charge in [-0.15, -0.1) is 0 Å². The zero-order valence-corrected chi connectivity index (χ0v) is 22.0. The number of aromatic amines is 1. The first-order valence-electron chi connectivity index (χ1n) is 12.1. The molecule has 0 unspecified atom stereocenters. The SMILES string of the molecule is COc1ccc2[nH]c(=O)c(CN(Cc3ccc4c(c3)OCO4)C(=O)c3cc(OC)c(OC)c(OC)c3)cc2c1. The summed E-state index contributed by atoms with van der Waals surface area (Å²) in [6, 6.07) is 15.8. The first-order valence-corrected chi connectivity index (χ1v) is 12.1. The van der Waals surface area contributed by atoms with E-state index in [-0.39, 0.29) is 31.3 Å². The van der Waals surface area contributed by atoms with E-state index in [1.54, 1.807) is 48.4 Å². The summed E-state index contributed by atoms with van der Waals surface area (Å²) in [6.07, 6.45) is 0. The van der Waals surface area contributed by atoms with Gasteiger partial charge in [0.05, 0.1) is 35.0 Å². The van der Waals surface area contributed by atoms with E-state index >= 15 is 0 Å². The fraction of sp³-hybridized carbons (Fsp3) is 0.241. The number of nitrogens with zero attached hydrogens (tertiary/aromatic N) is 1. The average molecular weight is 533 g/mol. The standard InChI is InChI=1S/C29H28N2O8/c1-34-21-6-7-22-18(11-21)10-20(28(32)30-22)15-31(14-17-5-8-23-24(9-17)39-16-38-23)29(33)19-12-25(35-2)27(37-4)26(13-19)36-3/h5-13H,14-16H2,1-4H3,(H,30,32). The molecule has 39 heavy (non-hydrogen) atoms. The fourth-order valence-corrected chi connectivity index (χ4v) is 4.53. The number of amides is 1. The average Bonchev–Trinajstić information content (AvgIpc) is 3.43. The summed E-state index contributed by atoms with van der Waals surface area (Å²) in [5.74, 6) is 2.63. The van der Waals surface area contributed by atoms with Crippen LogP contribution in [0, 0.1) is 0 Å². The number of rotatable bonds is 9. The lowest BCUT2D eigenvalue weighted by molar-refractivity contribution is 0.0728. The van der Waals surface area contributed by atoms with Crippen LogP contribution in [0.4, 0.5) is 0 Å². The monoisotopic (exact) mass is 532 g/mol. The van der Waals surface area contributed by atoms with Crippen LogP contribution < -0.4 is 34.0 Å². The zero-order chi connectivity index (χ0) is 27.5. The van der Waals surface area contributed by atoms with Gasteiger partial charge in [-0.1, -0.05) is 6.07 Å². The number of fused-ring (bicyclic) bond motifs is 2. The number of ether oxygens (including phenoxy) is 6. The van der Waals surface area contributed by atoms with E-state index in [1.807, 2.05) is 18.2 Å². The predicted octanol–water partition coefficient (Wildman–Crippen LogP) is 4.13. The maximum absolute atomic E-state index is 14.0. The zero-order valence-electron chi connectivity index (χ0n) is 22.0. The molecule has 0 atom stereocenters. The first-order chi connectivity index (χ1) is 18.9. The molecule has 5 rings (SSSR count). The van der Waals surface area contributed by atoms with Crippen molar-refractivity contribution in [2.75, 3.05) is 35.2 Å². The highest BCUT2D eigenvalue weighted by atomic mass is 16.7. The Morgan fingerprint density at radius 2 is 1.59 bits per heavy atom. The molecule has 1 aromatic heterocycles. The van der Waals surface area contributed by atoms with E-state index in [0.717, 1.165) is 10.9 Å². The largest absolute Gasteiger partial charge is 0.497 e. The minimum Gasteiger partial charge on any atom is -0.497 e. The Labute approximate surface area is 224 Å². The van der Waals surface area contributed by atoms with Gasteiger partial charge in [-0.25, -0.2) is 0 Å². The van der Waals surface area contributed by atoms with Crippen molar-refractivity contribution in [3.63, 3.8) is 0 Å². The van der Waals surface area contributed by atoms with Gasteiger partial charge in [0.15, 0.2) is 23.0 Å². The number of hydrogen-bond acceptors (Lipinski definition) is 8. The van der Waals surface area contributed by atoms with Gasteiger partial charge in [0.2, 0.25) is 12.5 Å². The van der Waals surface area contributed by atoms with Crippen molar-refractivity contribution in [2.24, 2.45) is 0 Å². The number of carbonyl (C=O) groups is 1. The molecule has 0 saturated heterocycles. The number of H-pyrrole nitrogens is 1. The Hall–Kier alpha value is -4.86. The lowest BCUT2D eigenvalue weighted by Crippen LogP contribution is -2.32. The Balaban J connectivity index is 1.56. The molecule has 4 aromatic rings. The molecule has 0 aliphatic carbocycles. The van der Waals surface area contributed by atoms with Gasteiger partial charge in [-0.3, -0.25) is 9.59 Å². The molecule has 3 aromatic carbocycles. The molecule has 1 amide bonds. The van der Waals surface area contributed by atoms with Gasteiger partial charge in [-0.2, -0.15) is 0 Å². The maximum Gasteiger partial charge on any atom is 0.254 e. The maximum atomic E-state index is 14.0. The third-order valence-corrected chi connectivity index (χ3v) is 6.50. The number of carbonyl (C=O) groups excluding carboxylic acids is 1. The summed E-state index contributed by atoms with van der Waals surface area (Å²) in [6.45, 7) is 0.372. The summed E-state index contributed by atoms with van der Waals surface area (Å²) in [4.78, 5) is 31.5. The predicted molar refractivity (Wildman–Crippen MR) is 143 cm³/mol. The molecule has 1 aliphatic rings. The van der Waals surface area contributed by atoms with E-state index in [9.17, 15) is 9.59 Å². The van der Waals surface area contributed by atoms with Crippen LogP contribution in [0.15, 0.2) is 59.4 Å². The van der Waals surface area contributed by atoms with Gasteiger partial charge >= 0.3 is 0 Å². The molecule has 0 saturated carbocycles. The molecule has 1 N–H and O–H groups in total. The fourth-order valence-electron chi connectivity index (χ4n) is 4.53. The third-order valence-electron chi connectivity index (χ3n) is 6.50. The number of nitrogens with one attached hydrogen (secondary N) is 1. The van der Waals surface area contributed by atoms with Gasteiger partial charge in [0.25, 0.3) is 11.5 Å². The Bertz CT molecular complexity index is 1570. The van der Waals surface area contributed by atoms with Crippen LogP contribution in [0.2, 0.25) is 0 Å². The molecular formula is C29H28N2O8. The molecule has 1 aliphatic heterocycles. The van der Waals surface area contributed by atoms with Crippen molar-refractivity contribution in [3.8, 4) is 34.5 Å². The Morgan fingerprint density at radius 1 is 0.846 bits per heavy atom. The molecule has 10 nitrogen and oxygen atoms in total. The number of methoxy groups -OCH3 is 4. The summed E-state index contributed by atoms with van der Waals surface area (Å²) in [7, 11) is 6.05. The number of pyridine rings is 1. The van der Waals surface area contributed by atoms with Crippen molar-refractivity contribution >= 4 is 16.8 Å². The smallest absolute Gasteiger partial charge is 0.254 e. The quantitative estimate of drug-likeness (QED) is 0.343. The molecule has 2 heterocycles.